The Morgan fingerprint density at radius 2 is 1.78 bits per heavy atom. The van der Waals surface area contributed by atoms with Gasteiger partial charge in [-0.25, -0.2) is 4.79 Å². The first-order valence-electron chi connectivity index (χ1n) is 14.4. The van der Waals surface area contributed by atoms with E-state index in [0.29, 0.717) is 27.4 Å². The van der Waals surface area contributed by atoms with Gasteiger partial charge in [0.1, 0.15) is 10.7 Å². The van der Waals surface area contributed by atoms with Crippen molar-refractivity contribution in [2.24, 2.45) is 0 Å². The summed E-state index contributed by atoms with van der Waals surface area (Å²) >= 11 is 2.76. The molecule has 230 valence electrons. The molecule has 9 nitrogen and oxygen atoms in total. The van der Waals surface area contributed by atoms with Gasteiger partial charge in [0.25, 0.3) is 11.8 Å². The Morgan fingerprint density at radius 1 is 0.978 bits per heavy atom. The molecule has 0 fully saturated rings. The number of methoxy groups -OCH3 is 1. The van der Waals surface area contributed by atoms with Crippen molar-refractivity contribution >= 4 is 63.6 Å². The molecule has 45 heavy (non-hydrogen) atoms. The summed E-state index contributed by atoms with van der Waals surface area (Å²) in [4.78, 5) is 58.1. The second-order valence-electron chi connectivity index (χ2n) is 10.3. The maximum atomic E-state index is 13.4. The summed E-state index contributed by atoms with van der Waals surface area (Å²) in [6.07, 6.45) is 8.50. The number of hydrogen-bond donors (Lipinski definition) is 3. The van der Waals surface area contributed by atoms with Gasteiger partial charge in [-0.05, 0) is 86.2 Å². The highest BCUT2D eigenvalue weighted by Gasteiger charge is 2.28. The van der Waals surface area contributed by atoms with Gasteiger partial charge in [-0.15, -0.1) is 23.1 Å². The Hall–Kier alpha value is -4.74. The van der Waals surface area contributed by atoms with E-state index >= 15 is 0 Å². The van der Waals surface area contributed by atoms with E-state index in [-0.39, 0.29) is 11.6 Å². The summed E-state index contributed by atoms with van der Waals surface area (Å²) in [5.41, 5.74) is 3.03. The topological polar surface area (TPSA) is 126 Å². The van der Waals surface area contributed by atoms with E-state index in [2.05, 4.69) is 20.9 Å². The average molecular weight is 641 g/mol. The van der Waals surface area contributed by atoms with Crippen molar-refractivity contribution in [2.75, 3.05) is 17.7 Å². The summed E-state index contributed by atoms with van der Waals surface area (Å²) in [5.74, 6) is -1.63. The van der Waals surface area contributed by atoms with Crippen LogP contribution < -0.4 is 16.0 Å². The maximum absolute atomic E-state index is 13.4. The first kappa shape index (κ1) is 31.7. The smallest absolute Gasteiger partial charge is 0.341 e. The summed E-state index contributed by atoms with van der Waals surface area (Å²) in [6, 6.07) is 19.2. The number of thioether (sulfide) groups is 1. The molecule has 1 aliphatic carbocycles. The van der Waals surface area contributed by atoms with Crippen LogP contribution in [0.2, 0.25) is 0 Å². The van der Waals surface area contributed by atoms with Crippen molar-refractivity contribution in [3.8, 4) is 0 Å². The van der Waals surface area contributed by atoms with Crippen molar-refractivity contribution in [3.05, 3.63) is 112 Å². The van der Waals surface area contributed by atoms with Crippen LogP contribution in [-0.2, 0) is 27.2 Å². The number of fused-ring (bicyclic) bond motifs is 1. The summed E-state index contributed by atoms with van der Waals surface area (Å²) in [7, 11) is 1.35. The molecule has 2 aromatic heterocycles. The van der Waals surface area contributed by atoms with Crippen LogP contribution in [0.3, 0.4) is 0 Å². The molecule has 0 aliphatic heterocycles. The molecule has 0 bridgehead atoms. The Bertz CT molecular complexity index is 1740. The first-order chi connectivity index (χ1) is 21.8. The number of amides is 3. The predicted molar refractivity (Wildman–Crippen MR) is 177 cm³/mol. The van der Waals surface area contributed by atoms with E-state index in [9.17, 15) is 19.2 Å². The number of rotatable bonds is 10. The SMILES string of the molecule is COC(=O)c1c(NC(=O)C(C)Sc2cccc(NC(=O)/C(=C/c3cccnc3)NC(=O)c3ccccc3)c2)sc2c1CCCC2. The van der Waals surface area contributed by atoms with Gasteiger partial charge in [-0.2, -0.15) is 0 Å². The number of carbonyl (C=O) groups is 4. The van der Waals surface area contributed by atoms with Crippen molar-refractivity contribution in [3.63, 3.8) is 0 Å². The van der Waals surface area contributed by atoms with Crippen LogP contribution in [0.5, 0.6) is 0 Å². The Morgan fingerprint density at radius 3 is 2.53 bits per heavy atom. The molecule has 1 aliphatic rings. The highest BCUT2D eigenvalue weighted by atomic mass is 32.2. The van der Waals surface area contributed by atoms with Gasteiger partial charge in [0.05, 0.1) is 17.9 Å². The number of carbonyl (C=O) groups excluding carboxylic acids is 4. The molecule has 0 spiro atoms. The number of ether oxygens (including phenoxy) is 1. The lowest BCUT2D eigenvalue weighted by Crippen LogP contribution is -2.30. The molecule has 1 unspecified atom stereocenters. The molecule has 5 rings (SSSR count). The number of aryl methyl sites for hydroxylation is 1. The van der Waals surface area contributed by atoms with Crippen LogP contribution in [0, 0.1) is 0 Å². The van der Waals surface area contributed by atoms with E-state index in [4.69, 9.17) is 4.74 Å². The van der Waals surface area contributed by atoms with Gasteiger partial charge in [0.15, 0.2) is 0 Å². The second kappa shape index (κ2) is 14.8. The van der Waals surface area contributed by atoms with Gasteiger partial charge in [0, 0.05) is 33.4 Å². The summed E-state index contributed by atoms with van der Waals surface area (Å²) in [6.45, 7) is 1.78. The van der Waals surface area contributed by atoms with E-state index in [1.807, 2.05) is 6.07 Å². The summed E-state index contributed by atoms with van der Waals surface area (Å²) in [5, 5.41) is 8.54. The quantitative estimate of drug-likeness (QED) is 0.105. The Labute approximate surface area is 269 Å². The zero-order valence-corrected chi connectivity index (χ0v) is 26.4. The van der Waals surface area contributed by atoms with Gasteiger partial charge < -0.3 is 20.7 Å². The molecule has 4 aromatic rings. The number of hydrogen-bond acceptors (Lipinski definition) is 8. The van der Waals surface area contributed by atoms with E-state index in [1.165, 1.54) is 30.2 Å². The standard InChI is InChI=1S/C34H32N4O5S2/c1-21(30(39)38-33-29(34(42)43-2)26-15-6-7-16-28(26)45-33)44-25-14-8-13-24(19-25)36-32(41)27(18-22-10-9-17-35-20-22)37-31(40)23-11-4-3-5-12-23/h3-5,8-14,17-21H,6-7,15-16H2,1-2H3,(H,36,41)(H,37,40)(H,38,39)/b27-18-. The van der Waals surface area contributed by atoms with Crippen molar-refractivity contribution in [2.45, 2.75) is 42.8 Å². The number of thiophene rings is 1. The molecule has 3 amide bonds. The molecule has 2 heterocycles. The fourth-order valence-corrected chi connectivity index (χ4v) is 7.07. The number of benzene rings is 2. The van der Waals surface area contributed by atoms with E-state index in [0.717, 1.165) is 41.0 Å². The number of pyridine rings is 1. The van der Waals surface area contributed by atoms with Gasteiger partial charge in [-0.1, -0.05) is 30.3 Å². The van der Waals surface area contributed by atoms with Crippen molar-refractivity contribution < 1.29 is 23.9 Å². The zero-order chi connectivity index (χ0) is 31.8. The monoisotopic (exact) mass is 640 g/mol. The first-order valence-corrected chi connectivity index (χ1v) is 16.1. The van der Waals surface area contributed by atoms with Gasteiger partial charge in [0.2, 0.25) is 5.91 Å². The largest absolute Gasteiger partial charge is 0.465 e. The molecule has 3 N–H and O–H groups in total. The fourth-order valence-electron chi connectivity index (χ4n) is 4.86. The van der Waals surface area contributed by atoms with Crippen LogP contribution in [0.1, 0.15) is 56.5 Å². The van der Waals surface area contributed by atoms with E-state index in [1.54, 1.807) is 86.1 Å². The number of anilines is 2. The molecular weight excluding hydrogens is 609 g/mol. The van der Waals surface area contributed by atoms with Crippen LogP contribution in [-0.4, -0.2) is 41.0 Å². The molecule has 11 heteroatoms. The molecule has 0 saturated carbocycles. The number of esters is 1. The predicted octanol–water partition coefficient (Wildman–Crippen LogP) is 6.34. The lowest BCUT2D eigenvalue weighted by atomic mass is 9.95. The Balaban J connectivity index is 1.28. The summed E-state index contributed by atoms with van der Waals surface area (Å²) < 4.78 is 5.02. The molecule has 0 saturated heterocycles. The normalized spacial score (nSPS) is 13.2. The third-order valence-electron chi connectivity index (χ3n) is 7.10. The second-order valence-corrected chi connectivity index (χ2v) is 12.8. The third kappa shape index (κ3) is 8.05. The van der Waals surface area contributed by atoms with E-state index < -0.39 is 23.0 Å². The van der Waals surface area contributed by atoms with Crippen LogP contribution >= 0.6 is 23.1 Å². The third-order valence-corrected chi connectivity index (χ3v) is 9.40. The number of nitrogens with zero attached hydrogens (tertiary/aromatic N) is 1. The average Bonchev–Trinajstić information content (AvgIpc) is 3.42. The van der Waals surface area contributed by atoms with Crippen molar-refractivity contribution in [1.82, 2.24) is 10.3 Å². The van der Waals surface area contributed by atoms with Gasteiger partial charge in [-0.3, -0.25) is 19.4 Å². The highest BCUT2D eigenvalue weighted by Crippen LogP contribution is 2.39. The highest BCUT2D eigenvalue weighted by molar-refractivity contribution is 8.00. The zero-order valence-electron chi connectivity index (χ0n) is 24.8. The number of aromatic nitrogens is 1. The van der Waals surface area contributed by atoms with Crippen LogP contribution in [0.4, 0.5) is 10.7 Å². The molecular formula is C34H32N4O5S2. The minimum atomic E-state index is -0.520. The maximum Gasteiger partial charge on any atom is 0.341 e. The number of nitrogens with one attached hydrogen (secondary N) is 3. The molecule has 1 atom stereocenters. The molecule has 2 aromatic carbocycles. The van der Waals surface area contributed by atoms with Crippen molar-refractivity contribution in [1.29, 1.82) is 0 Å². The lowest BCUT2D eigenvalue weighted by Gasteiger charge is -2.14. The minimum absolute atomic E-state index is 0.0442. The molecule has 0 radical (unpaired) electrons. The lowest BCUT2D eigenvalue weighted by molar-refractivity contribution is -0.115. The Kier molecular flexibility index (Phi) is 10.4. The van der Waals surface area contributed by atoms with Crippen LogP contribution in [0.25, 0.3) is 6.08 Å². The fraction of sp³-hybridized carbons (Fsp3) is 0.206. The van der Waals surface area contributed by atoms with Crippen LogP contribution in [0.15, 0.2) is 89.7 Å². The van der Waals surface area contributed by atoms with Gasteiger partial charge >= 0.3 is 5.97 Å². The minimum Gasteiger partial charge on any atom is -0.465 e.